The van der Waals surface area contributed by atoms with E-state index in [4.69, 9.17) is 0 Å². The van der Waals surface area contributed by atoms with E-state index in [0.29, 0.717) is 22.8 Å². The van der Waals surface area contributed by atoms with Crippen molar-refractivity contribution in [2.24, 2.45) is 0 Å². The predicted octanol–water partition coefficient (Wildman–Crippen LogP) is 1.96. The molecule has 0 radical (unpaired) electrons. The van der Waals surface area contributed by atoms with Gasteiger partial charge in [0.25, 0.3) is 0 Å². The Bertz CT molecular complexity index is 748. The largest absolute Gasteiger partial charge is 0.504 e. The fourth-order valence-corrected chi connectivity index (χ4v) is 1.85. The number of aromatic hydroxyl groups is 4. The van der Waals surface area contributed by atoms with Crippen molar-refractivity contribution in [3.05, 3.63) is 36.4 Å². The van der Waals surface area contributed by atoms with Gasteiger partial charge in [-0.3, -0.25) is 5.10 Å². The maximum atomic E-state index is 9.48. The first kappa shape index (κ1) is 12.8. The summed E-state index contributed by atoms with van der Waals surface area (Å²) in [6.07, 6.45) is 0. The molecule has 7 nitrogen and oxygen atoms in total. The topological polar surface area (TPSA) is 122 Å². The van der Waals surface area contributed by atoms with Crippen molar-refractivity contribution in [3.8, 4) is 45.8 Å². The number of nitrogens with one attached hydrogen (secondary N) is 1. The molecule has 1 heterocycles. The number of nitrogens with zero attached hydrogens (tertiary/aromatic N) is 2. The molecule has 7 heteroatoms. The van der Waals surface area contributed by atoms with Crippen LogP contribution in [-0.2, 0) is 0 Å². The Morgan fingerprint density at radius 1 is 0.714 bits per heavy atom. The number of H-pyrrole nitrogens is 1. The number of phenolic OH excluding ortho intramolecular Hbond substituents is 4. The molecular weight excluding hydrogens is 274 g/mol. The molecule has 5 N–H and O–H groups in total. The predicted molar refractivity (Wildman–Crippen MR) is 73.9 cm³/mol. The van der Waals surface area contributed by atoms with Crippen LogP contribution in [0, 0.1) is 0 Å². The molecule has 0 aliphatic carbocycles. The number of hydrogen-bond acceptors (Lipinski definition) is 6. The minimum atomic E-state index is -0.263. The zero-order valence-corrected chi connectivity index (χ0v) is 10.6. The van der Waals surface area contributed by atoms with Gasteiger partial charge < -0.3 is 20.4 Å². The molecule has 3 rings (SSSR count). The van der Waals surface area contributed by atoms with Gasteiger partial charge in [0.1, 0.15) is 0 Å². The molecule has 0 aliphatic rings. The van der Waals surface area contributed by atoms with E-state index in [0.717, 1.165) is 0 Å². The third-order valence-electron chi connectivity index (χ3n) is 2.97. The zero-order valence-electron chi connectivity index (χ0n) is 10.6. The maximum Gasteiger partial charge on any atom is 0.181 e. The normalized spacial score (nSPS) is 10.7. The highest BCUT2D eigenvalue weighted by atomic mass is 16.3. The lowest BCUT2D eigenvalue weighted by atomic mass is 10.2. The molecule has 0 aliphatic heterocycles. The van der Waals surface area contributed by atoms with E-state index in [1.165, 1.54) is 24.3 Å². The fraction of sp³-hybridized carbons (Fsp3) is 0. The van der Waals surface area contributed by atoms with Crippen molar-refractivity contribution in [1.29, 1.82) is 0 Å². The molecule has 0 spiro atoms. The van der Waals surface area contributed by atoms with Gasteiger partial charge >= 0.3 is 0 Å². The van der Waals surface area contributed by atoms with Gasteiger partial charge in [-0.2, -0.15) is 5.10 Å². The van der Waals surface area contributed by atoms with Crippen LogP contribution >= 0.6 is 0 Å². The first-order chi connectivity index (χ1) is 10.0. The molecule has 0 unspecified atom stereocenters. The molecule has 0 fully saturated rings. The molecule has 0 bridgehead atoms. The Labute approximate surface area is 118 Å². The molecular formula is C14H11N3O4. The van der Waals surface area contributed by atoms with E-state index in [2.05, 4.69) is 15.2 Å². The second kappa shape index (κ2) is 4.71. The van der Waals surface area contributed by atoms with Crippen LogP contribution in [0.15, 0.2) is 36.4 Å². The van der Waals surface area contributed by atoms with Crippen LogP contribution in [0.25, 0.3) is 22.8 Å². The highest BCUT2D eigenvalue weighted by molar-refractivity contribution is 5.65. The summed E-state index contributed by atoms with van der Waals surface area (Å²) in [4.78, 5) is 4.24. The van der Waals surface area contributed by atoms with Gasteiger partial charge in [0.05, 0.1) is 0 Å². The van der Waals surface area contributed by atoms with Crippen LogP contribution in [0.2, 0.25) is 0 Å². The number of aromatic amines is 1. The summed E-state index contributed by atoms with van der Waals surface area (Å²) in [6, 6.07) is 8.53. The molecule has 1 aromatic heterocycles. The third-order valence-corrected chi connectivity index (χ3v) is 2.97. The highest BCUT2D eigenvalue weighted by Gasteiger charge is 2.11. The Balaban J connectivity index is 1.99. The van der Waals surface area contributed by atoms with Gasteiger partial charge in [0.15, 0.2) is 34.6 Å². The fourth-order valence-electron chi connectivity index (χ4n) is 1.85. The van der Waals surface area contributed by atoms with E-state index < -0.39 is 0 Å². The van der Waals surface area contributed by atoms with Crippen LogP contribution in [-0.4, -0.2) is 35.6 Å². The Morgan fingerprint density at radius 2 is 1.29 bits per heavy atom. The van der Waals surface area contributed by atoms with E-state index >= 15 is 0 Å². The third kappa shape index (κ3) is 2.32. The second-order valence-electron chi connectivity index (χ2n) is 4.41. The van der Waals surface area contributed by atoms with Crippen LogP contribution in [0.3, 0.4) is 0 Å². The monoisotopic (exact) mass is 285 g/mol. The summed E-state index contributed by atoms with van der Waals surface area (Å²) in [7, 11) is 0. The van der Waals surface area contributed by atoms with Crippen molar-refractivity contribution >= 4 is 0 Å². The van der Waals surface area contributed by atoms with Crippen molar-refractivity contribution in [3.63, 3.8) is 0 Å². The van der Waals surface area contributed by atoms with E-state index in [9.17, 15) is 20.4 Å². The molecule has 0 amide bonds. The van der Waals surface area contributed by atoms with E-state index in [1.54, 1.807) is 12.1 Å². The van der Waals surface area contributed by atoms with Gasteiger partial charge in [-0.05, 0) is 36.4 Å². The van der Waals surface area contributed by atoms with E-state index in [-0.39, 0.29) is 23.0 Å². The second-order valence-corrected chi connectivity index (χ2v) is 4.41. The first-order valence-electron chi connectivity index (χ1n) is 6.01. The smallest absolute Gasteiger partial charge is 0.181 e. The summed E-state index contributed by atoms with van der Waals surface area (Å²) in [5.41, 5.74) is 1.07. The summed E-state index contributed by atoms with van der Waals surface area (Å²) in [5.74, 6) is -0.241. The average Bonchev–Trinajstić information content (AvgIpc) is 2.94. The molecule has 21 heavy (non-hydrogen) atoms. The zero-order chi connectivity index (χ0) is 15.0. The summed E-state index contributed by atoms with van der Waals surface area (Å²) < 4.78 is 0. The van der Waals surface area contributed by atoms with Crippen molar-refractivity contribution in [2.75, 3.05) is 0 Å². The molecule has 106 valence electrons. The van der Waals surface area contributed by atoms with Crippen LogP contribution in [0.4, 0.5) is 0 Å². The lowest BCUT2D eigenvalue weighted by Gasteiger charge is -2.00. The lowest BCUT2D eigenvalue weighted by Crippen LogP contribution is -1.82. The van der Waals surface area contributed by atoms with Gasteiger partial charge in [-0.1, -0.05) is 0 Å². The molecule has 3 aromatic rings. The Hall–Kier alpha value is -3.22. The summed E-state index contributed by atoms with van der Waals surface area (Å²) in [6.45, 7) is 0. The number of phenols is 4. The van der Waals surface area contributed by atoms with Crippen LogP contribution < -0.4 is 0 Å². The minimum Gasteiger partial charge on any atom is -0.504 e. The molecule has 0 saturated heterocycles. The lowest BCUT2D eigenvalue weighted by molar-refractivity contribution is 0.404. The van der Waals surface area contributed by atoms with Crippen molar-refractivity contribution < 1.29 is 20.4 Å². The number of aromatic nitrogens is 3. The van der Waals surface area contributed by atoms with Crippen molar-refractivity contribution in [1.82, 2.24) is 15.2 Å². The molecule has 0 atom stereocenters. The van der Waals surface area contributed by atoms with Gasteiger partial charge in [-0.15, -0.1) is 0 Å². The van der Waals surface area contributed by atoms with Crippen molar-refractivity contribution in [2.45, 2.75) is 0 Å². The Morgan fingerprint density at radius 3 is 1.90 bits per heavy atom. The standard InChI is InChI=1S/C14H11N3O4/c18-9-3-1-7(5-11(9)20)13-15-14(17-16-13)8-2-4-10(19)12(21)6-8/h1-6,18-21H,(H,15,16,17). The summed E-state index contributed by atoms with van der Waals surface area (Å²) >= 11 is 0. The summed E-state index contributed by atoms with van der Waals surface area (Å²) in [5, 5.41) is 44.2. The van der Waals surface area contributed by atoms with Crippen LogP contribution in [0.1, 0.15) is 0 Å². The molecule has 2 aromatic carbocycles. The van der Waals surface area contributed by atoms with Gasteiger partial charge in [0.2, 0.25) is 0 Å². The van der Waals surface area contributed by atoms with E-state index in [1.807, 2.05) is 0 Å². The van der Waals surface area contributed by atoms with Crippen LogP contribution in [0.5, 0.6) is 23.0 Å². The Kier molecular flexibility index (Phi) is 2.87. The number of rotatable bonds is 2. The average molecular weight is 285 g/mol. The number of hydrogen-bond donors (Lipinski definition) is 5. The molecule has 0 saturated carbocycles. The van der Waals surface area contributed by atoms with Gasteiger partial charge in [-0.25, -0.2) is 4.98 Å². The SMILES string of the molecule is Oc1ccc(-c2n[nH]c(-c3ccc(O)c(O)c3)n2)cc1O. The number of benzene rings is 2. The van der Waals surface area contributed by atoms with Gasteiger partial charge in [0, 0.05) is 11.1 Å². The highest BCUT2D eigenvalue weighted by Crippen LogP contribution is 2.31. The minimum absolute atomic E-state index is 0.220. The quantitative estimate of drug-likeness (QED) is 0.459. The maximum absolute atomic E-state index is 9.48. The first-order valence-corrected chi connectivity index (χ1v) is 6.01.